The van der Waals surface area contributed by atoms with Crippen LogP contribution < -0.4 is 14.8 Å². The minimum atomic E-state index is -1.35. The van der Waals surface area contributed by atoms with E-state index in [9.17, 15) is 14.4 Å². The molecule has 4 heterocycles. The number of ether oxygens (including phenoxy) is 2. The number of para-hydroxylation sites is 1. The smallest absolute Gasteiger partial charge is 0.238 e. The van der Waals surface area contributed by atoms with Crippen LogP contribution in [0.1, 0.15) is 42.8 Å². The van der Waals surface area contributed by atoms with Gasteiger partial charge in [-0.1, -0.05) is 48.5 Å². The zero-order valence-electron chi connectivity index (χ0n) is 22.4. The molecule has 3 aliphatic rings. The molecule has 41 heavy (non-hydrogen) atoms. The maximum atomic E-state index is 14.7. The molecule has 1 fully saturated rings. The summed E-state index contributed by atoms with van der Waals surface area (Å²) in [5.74, 6) is -0.892. The third-order valence-corrected chi connectivity index (χ3v) is 9.44. The Bertz CT molecular complexity index is 1750. The van der Waals surface area contributed by atoms with Crippen LogP contribution in [0.2, 0.25) is 0 Å². The summed E-state index contributed by atoms with van der Waals surface area (Å²) >= 11 is 1.32. The van der Waals surface area contributed by atoms with Crippen molar-refractivity contribution in [1.29, 1.82) is 0 Å². The Morgan fingerprint density at radius 3 is 2.46 bits per heavy atom. The molecule has 0 bridgehead atoms. The number of ketones is 2. The van der Waals surface area contributed by atoms with E-state index in [1.54, 1.807) is 24.3 Å². The van der Waals surface area contributed by atoms with Crippen molar-refractivity contribution in [2.45, 2.75) is 17.5 Å². The maximum Gasteiger partial charge on any atom is 0.238 e. The van der Waals surface area contributed by atoms with Crippen LogP contribution >= 0.6 is 11.3 Å². The van der Waals surface area contributed by atoms with Gasteiger partial charge in [-0.25, -0.2) is 0 Å². The number of carbonyl (C=O) groups excluding carboxylic acids is 3. The van der Waals surface area contributed by atoms with Gasteiger partial charge in [-0.15, -0.1) is 11.3 Å². The Morgan fingerprint density at radius 1 is 0.902 bits per heavy atom. The van der Waals surface area contributed by atoms with E-state index < -0.39 is 23.4 Å². The van der Waals surface area contributed by atoms with Gasteiger partial charge in [0.05, 0.1) is 31.1 Å². The van der Waals surface area contributed by atoms with Crippen LogP contribution in [0.5, 0.6) is 11.5 Å². The Hall–Kier alpha value is -4.69. The molecule has 7 nitrogen and oxygen atoms in total. The highest BCUT2D eigenvalue weighted by Gasteiger charge is 2.70. The number of hydrogen-bond donors (Lipinski definition) is 1. The lowest BCUT2D eigenvalue weighted by Gasteiger charge is -2.38. The molecule has 0 aliphatic carbocycles. The number of methoxy groups -OCH3 is 2. The van der Waals surface area contributed by atoms with Gasteiger partial charge in [0.1, 0.15) is 11.5 Å². The maximum absolute atomic E-state index is 14.7. The number of anilines is 1. The van der Waals surface area contributed by atoms with Crippen molar-refractivity contribution in [2.75, 3.05) is 19.5 Å². The number of amides is 1. The number of carbonyl (C=O) groups is 3. The van der Waals surface area contributed by atoms with E-state index in [1.165, 1.54) is 25.6 Å². The lowest BCUT2D eigenvalue weighted by Crippen LogP contribution is -2.49. The first-order chi connectivity index (χ1) is 20.0. The molecule has 1 aromatic heterocycles. The molecule has 1 N–H and O–H groups in total. The second-order valence-electron chi connectivity index (χ2n) is 10.4. The zero-order chi connectivity index (χ0) is 28.3. The number of nitrogens with one attached hydrogen (secondary N) is 1. The molecule has 204 valence electrons. The van der Waals surface area contributed by atoms with E-state index in [0.717, 1.165) is 16.7 Å². The second-order valence-corrected chi connectivity index (χ2v) is 11.3. The van der Waals surface area contributed by atoms with Crippen LogP contribution in [0.25, 0.3) is 6.08 Å². The molecule has 3 aliphatic heterocycles. The van der Waals surface area contributed by atoms with E-state index in [0.29, 0.717) is 27.6 Å². The van der Waals surface area contributed by atoms with Gasteiger partial charge in [-0.05, 0) is 58.5 Å². The highest BCUT2D eigenvalue weighted by atomic mass is 32.1. The molecule has 8 heteroatoms. The Labute approximate surface area is 241 Å². The Morgan fingerprint density at radius 2 is 1.68 bits per heavy atom. The predicted molar refractivity (Wildman–Crippen MR) is 157 cm³/mol. The van der Waals surface area contributed by atoms with Crippen molar-refractivity contribution in [3.8, 4) is 11.5 Å². The molecular formula is C33H26N2O5S. The molecule has 3 aromatic carbocycles. The molecule has 0 unspecified atom stereocenters. The Balaban J connectivity index is 1.51. The highest BCUT2D eigenvalue weighted by molar-refractivity contribution is 7.12. The summed E-state index contributed by atoms with van der Waals surface area (Å²) in [5.41, 5.74) is 2.25. The van der Waals surface area contributed by atoms with Crippen molar-refractivity contribution in [1.82, 2.24) is 4.90 Å². The first-order valence-electron chi connectivity index (χ1n) is 13.3. The molecule has 0 saturated carbocycles. The number of Topliss-reactive ketones (excluding diaryl/α,β-unsaturated/α-hetero) is 2. The van der Waals surface area contributed by atoms with Crippen molar-refractivity contribution < 1.29 is 23.9 Å². The third kappa shape index (κ3) is 3.47. The van der Waals surface area contributed by atoms with Gasteiger partial charge in [0.25, 0.3) is 0 Å². The number of nitrogens with zero attached hydrogens (tertiary/aromatic N) is 1. The van der Waals surface area contributed by atoms with Gasteiger partial charge < -0.3 is 19.7 Å². The first kappa shape index (κ1) is 25.3. The second kappa shape index (κ2) is 9.45. The molecule has 1 spiro atoms. The van der Waals surface area contributed by atoms with Gasteiger partial charge in [-0.3, -0.25) is 14.4 Å². The zero-order valence-corrected chi connectivity index (χ0v) is 23.2. The van der Waals surface area contributed by atoms with Gasteiger partial charge in [0.15, 0.2) is 23.1 Å². The summed E-state index contributed by atoms with van der Waals surface area (Å²) in [4.78, 5) is 46.2. The fraction of sp³-hybridized carbons (Fsp3) is 0.182. The van der Waals surface area contributed by atoms with Crippen molar-refractivity contribution in [3.63, 3.8) is 0 Å². The quantitative estimate of drug-likeness (QED) is 0.302. The van der Waals surface area contributed by atoms with Gasteiger partial charge in [-0.2, -0.15) is 0 Å². The predicted octanol–water partition coefficient (Wildman–Crippen LogP) is 5.75. The van der Waals surface area contributed by atoms with Crippen molar-refractivity contribution in [2.24, 2.45) is 5.92 Å². The first-order valence-corrected chi connectivity index (χ1v) is 14.2. The number of hydrogen-bond acceptors (Lipinski definition) is 7. The molecule has 0 radical (unpaired) electrons. The molecule has 1 amide bonds. The van der Waals surface area contributed by atoms with E-state index in [2.05, 4.69) is 5.32 Å². The molecule has 7 rings (SSSR count). The summed E-state index contributed by atoms with van der Waals surface area (Å²) in [6, 6.07) is 22.4. The lowest BCUT2D eigenvalue weighted by molar-refractivity contribution is -0.122. The highest BCUT2D eigenvalue weighted by Crippen LogP contribution is 2.62. The average Bonchev–Trinajstić information content (AvgIpc) is 3.73. The van der Waals surface area contributed by atoms with Gasteiger partial charge in [0, 0.05) is 17.5 Å². The summed E-state index contributed by atoms with van der Waals surface area (Å²) in [5, 5.41) is 4.91. The van der Waals surface area contributed by atoms with Crippen LogP contribution in [0.3, 0.4) is 0 Å². The normalized spacial score (nSPS) is 23.5. The van der Waals surface area contributed by atoms with Gasteiger partial charge in [0.2, 0.25) is 5.91 Å². The van der Waals surface area contributed by atoms with Crippen molar-refractivity contribution in [3.05, 3.63) is 118 Å². The summed E-state index contributed by atoms with van der Waals surface area (Å²) < 4.78 is 10.9. The minimum Gasteiger partial charge on any atom is -0.493 e. The fourth-order valence-corrected chi connectivity index (χ4v) is 7.60. The van der Waals surface area contributed by atoms with Crippen LogP contribution in [0, 0.1) is 5.92 Å². The molecule has 4 aromatic rings. The minimum absolute atomic E-state index is 0.231. The monoisotopic (exact) mass is 562 g/mol. The van der Waals surface area contributed by atoms with Crippen molar-refractivity contribution >= 4 is 40.6 Å². The van der Waals surface area contributed by atoms with Crippen LogP contribution in [0.4, 0.5) is 5.69 Å². The number of rotatable bonds is 6. The molecule has 1 saturated heterocycles. The van der Waals surface area contributed by atoms with E-state index in [-0.39, 0.29) is 17.5 Å². The Kier molecular flexibility index (Phi) is 5.83. The van der Waals surface area contributed by atoms with Gasteiger partial charge >= 0.3 is 0 Å². The lowest BCUT2D eigenvalue weighted by atomic mass is 9.63. The largest absolute Gasteiger partial charge is 0.493 e. The van der Waals surface area contributed by atoms with Crippen LogP contribution in [0.15, 0.2) is 90.4 Å². The van der Waals surface area contributed by atoms with Crippen LogP contribution in [-0.4, -0.2) is 42.6 Å². The fourth-order valence-electron chi connectivity index (χ4n) is 6.90. The average molecular weight is 563 g/mol. The SMILES string of the molecule is COc1ccc(C(=O)[C@@H]2[C@H](C(=O)c3cccs3)[C@@]3(C(=O)Nc4ccccc43)[C@@H]3c4ccccc4C=CN23)cc1OC. The molecular weight excluding hydrogens is 536 g/mol. The number of thiophene rings is 1. The summed E-state index contributed by atoms with van der Waals surface area (Å²) in [7, 11) is 3.05. The molecule has 4 atom stereocenters. The summed E-state index contributed by atoms with van der Waals surface area (Å²) in [6.07, 6.45) is 3.82. The van der Waals surface area contributed by atoms with Crippen LogP contribution in [-0.2, 0) is 10.2 Å². The standard InChI is InChI=1S/C33H26N2O5S/c1-39-24-14-13-20(18-25(24)40-2)29(36)28-27(30(37)26-12-7-17-41-26)33(22-10-5-6-11-23(22)34-32(33)38)31-21-9-4-3-8-19(21)15-16-35(28)31/h3-18,27-28,31H,1-2H3,(H,34,38)/t27-,28+,31+,33-/m1/s1. The topological polar surface area (TPSA) is 84.9 Å². The number of fused-ring (bicyclic) bond motifs is 6. The van der Waals surface area contributed by atoms with E-state index in [4.69, 9.17) is 9.47 Å². The third-order valence-electron chi connectivity index (χ3n) is 8.55. The van der Waals surface area contributed by atoms with E-state index >= 15 is 0 Å². The summed E-state index contributed by atoms with van der Waals surface area (Å²) in [6.45, 7) is 0. The number of benzene rings is 3. The van der Waals surface area contributed by atoms with E-state index in [1.807, 2.05) is 77.2 Å².